The summed E-state index contributed by atoms with van der Waals surface area (Å²) < 4.78 is 28.2. The van der Waals surface area contributed by atoms with Gasteiger partial charge in [-0.25, -0.2) is 0 Å². The number of hydrogen-bond donors (Lipinski definition) is 1. The molecule has 2 saturated heterocycles. The van der Waals surface area contributed by atoms with Crippen LogP contribution in [0, 0.1) is 17.8 Å². The molecule has 2 unspecified atom stereocenters. The molecule has 2 aliphatic heterocycles. The molecule has 2 atom stereocenters. The predicted molar refractivity (Wildman–Crippen MR) is 75.4 cm³/mol. The third kappa shape index (κ3) is 3.15. The monoisotopic (exact) mass is 304 g/mol. The fraction of sp³-hybridized carbons (Fsp3) is 0.923. The van der Waals surface area contributed by atoms with Gasteiger partial charge in [0, 0.05) is 26.2 Å². The molecular weight excluding hydrogens is 280 g/mol. The second-order valence-electron chi connectivity index (χ2n) is 6.12. The first kappa shape index (κ1) is 15.7. The Morgan fingerprint density at radius 1 is 1.00 bits per heavy atom. The van der Waals surface area contributed by atoms with Crippen LogP contribution in [0.3, 0.4) is 0 Å². The highest BCUT2D eigenvalue weighted by molar-refractivity contribution is 7.86. The average Bonchev–Trinajstić information content (AvgIpc) is 2.41. The second-order valence-corrected chi connectivity index (χ2v) is 8.05. The third-order valence-electron chi connectivity index (χ3n) is 4.75. The summed E-state index contributed by atoms with van der Waals surface area (Å²) in [4.78, 5) is 10.9. The third-order valence-corrected chi connectivity index (χ3v) is 6.75. The number of carboxylic acid groups (broad SMARTS) is 1. The Morgan fingerprint density at radius 2 is 1.55 bits per heavy atom. The lowest BCUT2D eigenvalue weighted by molar-refractivity contribution is -0.142. The topological polar surface area (TPSA) is 77.9 Å². The van der Waals surface area contributed by atoms with E-state index in [4.69, 9.17) is 5.11 Å². The Kier molecular flexibility index (Phi) is 4.71. The van der Waals surface area contributed by atoms with Crippen LogP contribution >= 0.6 is 0 Å². The molecule has 0 aromatic rings. The van der Waals surface area contributed by atoms with Gasteiger partial charge in [0.25, 0.3) is 10.2 Å². The molecule has 116 valence electrons. The zero-order chi connectivity index (χ0) is 14.9. The molecule has 0 amide bonds. The van der Waals surface area contributed by atoms with E-state index in [-0.39, 0.29) is 0 Å². The Hall–Kier alpha value is -0.660. The fourth-order valence-electron chi connectivity index (χ4n) is 2.93. The molecule has 2 heterocycles. The minimum atomic E-state index is -3.42. The average molecular weight is 304 g/mol. The summed E-state index contributed by atoms with van der Waals surface area (Å²) in [5.41, 5.74) is 0. The second kappa shape index (κ2) is 5.99. The van der Waals surface area contributed by atoms with Crippen LogP contribution in [-0.2, 0) is 15.0 Å². The smallest absolute Gasteiger partial charge is 0.306 e. The van der Waals surface area contributed by atoms with Gasteiger partial charge < -0.3 is 5.11 Å². The zero-order valence-corrected chi connectivity index (χ0v) is 13.0. The highest BCUT2D eigenvalue weighted by atomic mass is 32.2. The van der Waals surface area contributed by atoms with Crippen LogP contribution in [0.5, 0.6) is 0 Å². The lowest BCUT2D eigenvalue weighted by Gasteiger charge is -2.39. The summed E-state index contributed by atoms with van der Waals surface area (Å²) in [7, 11) is -3.42. The molecule has 0 aromatic carbocycles. The van der Waals surface area contributed by atoms with E-state index < -0.39 is 22.1 Å². The first-order valence-electron chi connectivity index (χ1n) is 7.30. The van der Waals surface area contributed by atoms with Crippen LogP contribution in [-0.4, -0.2) is 54.3 Å². The quantitative estimate of drug-likeness (QED) is 0.844. The van der Waals surface area contributed by atoms with Gasteiger partial charge in [-0.3, -0.25) is 4.79 Å². The van der Waals surface area contributed by atoms with E-state index in [9.17, 15) is 13.2 Å². The van der Waals surface area contributed by atoms with E-state index in [1.165, 1.54) is 4.31 Å². The molecule has 0 aliphatic carbocycles. The highest BCUT2D eigenvalue weighted by Crippen LogP contribution is 2.27. The summed E-state index contributed by atoms with van der Waals surface area (Å²) in [6.45, 7) is 6.03. The van der Waals surface area contributed by atoms with Crippen molar-refractivity contribution in [3.8, 4) is 0 Å². The van der Waals surface area contributed by atoms with E-state index in [1.807, 2.05) is 0 Å². The first-order valence-corrected chi connectivity index (χ1v) is 8.70. The van der Waals surface area contributed by atoms with Crippen molar-refractivity contribution in [1.82, 2.24) is 8.61 Å². The number of nitrogens with zero attached hydrogens (tertiary/aromatic N) is 2. The van der Waals surface area contributed by atoms with Crippen LogP contribution in [0.2, 0.25) is 0 Å². The van der Waals surface area contributed by atoms with Crippen molar-refractivity contribution in [3.63, 3.8) is 0 Å². The molecule has 0 saturated carbocycles. The number of carboxylic acids is 1. The van der Waals surface area contributed by atoms with Crippen LogP contribution < -0.4 is 0 Å². The first-order chi connectivity index (χ1) is 9.32. The Morgan fingerprint density at radius 3 is 2.05 bits per heavy atom. The van der Waals surface area contributed by atoms with Crippen LogP contribution in [0.15, 0.2) is 0 Å². The SMILES string of the molecule is CC1CCN(S(=O)(=O)N2CCC(C(=O)O)CC2)CC1C. The molecule has 2 aliphatic rings. The Labute approximate surface area is 120 Å². The van der Waals surface area contributed by atoms with Crippen molar-refractivity contribution in [2.24, 2.45) is 17.8 Å². The van der Waals surface area contributed by atoms with Gasteiger partial charge in [-0.15, -0.1) is 0 Å². The largest absolute Gasteiger partial charge is 0.481 e. The van der Waals surface area contributed by atoms with Crippen LogP contribution in [0.1, 0.15) is 33.1 Å². The highest BCUT2D eigenvalue weighted by Gasteiger charge is 2.37. The van der Waals surface area contributed by atoms with Gasteiger partial charge >= 0.3 is 5.97 Å². The summed E-state index contributed by atoms with van der Waals surface area (Å²) in [6, 6.07) is 0. The molecule has 6 nitrogen and oxygen atoms in total. The normalized spacial score (nSPS) is 31.3. The molecule has 0 aromatic heterocycles. The predicted octanol–water partition coefficient (Wildman–Crippen LogP) is 1.01. The number of piperidine rings is 2. The summed E-state index contributed by atoms with van der Waals surface area (Å²) in [6.07, 6.45) is 1.72. The van der Waals surface area contributed by atoms with Gasteiger partial charge in [0.05, 0.1) is 5.92 Å². The zero-order valence-electron chi connectivity index (χ0n) is 12.2. The van der Waals surface area contributed by atoms with Crippen molar-refractivity contribution >= 4 is 16.2 Å². The maximum absolute atomic E-state index is 12.6. The number of aliphatic carboxylic acids is 1. The van der Waals surface area contributed by atoms with Crippen LogP contribution in [0.4, 0.5) is 0 Å². The van der Waals surface area contributed by atoms with Crippen molar-refractivity contribution in [3.05, 3.63) is 0 Å². The van der Waals surface area contributed by atoms with Gasteiger partial charge in [-0.2, -0.15) is 17.0 Å². The standard InChI is InChI=1S/C13H24N2O4S/c1-10-3-6-15(9-11(10)2)20(18,19)14-7-4-12(5-8-14)13(16)17/h10-12H,3-9H2,1-2H3,(H,16,17). The molecule has 0 radical (unpaired) electrons. The van der Waals surface area contributed by atoms with Gasteiger partial charge in [0.15, 0.2) is 0 Å². The van der Waals surface area contributed by atoms with Crippen molar-refractivity contribution in [1.29, 1.82) is 0 Å². The molecule has 2 fully saturated rings. The van der Waals surface area contributed by atoms with Gasteiger partial charge in [-0.05, 0) is 31.1 Å². The van der Waals surface area contributed by atoms with Gasteiger partial charge in [0.1, 0.15) is 0 Å². The molecule has 7 heteroatoms. The van der Waals surface area contributed by atoms with Crippen molar-refractivity contribution in [2.45, 2.75) is 33.1 Å². The van der Waals surface area contributed by atoms with Crippen LogP contribution in [0.25, 0.3) is 0 Å². The van der Waals surface area contributed by atoms with Crippen molar-refractivity contribution in [2.75, 3.05) is 26.2 Å². The van der Waals surface area contributed by atoms with Crippen molar-refractivity contribution < 1.29 is 18.3 Å². The molecular formula is C13H24N2O4S. The van der Waals surface area contributed by atoms with E-state index in [2.05, 4.69) is 13.8 Å². The molecule has 0 spiro atoms. The molecule has 1 N–H and O–H groups in total. The Bertz CT molecular complexity index is 457. The van der Waals surface area contributed by atoms with E-state index in [1.54, 1.807) is 4.31 Å². The lowest BCUT2D eigenvalue weighted by atomic mass is 9.90. The number of rotatable bonds is 3. The van der Waals surface area contributed by atoms with Gasteiger partial charge in [0.2, 0.25) is 0 Å². The molecule has 2 rings (SSSR count). The number of carbonyl (C=O) groups is 1. The van der Waals surface area contributed by atoms with E-state index in [0.717, 1.165) is 6.42 Å². The fourth-order valence-corrected chi connectivity index (χ4v) is 4.69. The molecule has 20 heavy (non-hydrogen) atoms. The lowest BCUT2D eigenvalue weighted by Crippen LogP contribution is -2.51. The number of hydrogen-bond acceptors (Lipinski definition) is 3. The Balaban J connectivity index is 1.99. The minimum Gasteiger partial charge on any atom is -0.481 e. The maximum atomic E-state index is 12.6. The van der Waals surface area contributed by atoms with E-state index >= 15 is 0 Å². The van der Waals surface area contributed by atoms with E-state index in [0.29, 0.717) is 50.9 Å². The maximum Gasteiger partial charge on any atom is 0.306 e. The summed E-state index contributed by atoms with van der Waals surface area (Å²) in [5, 5.41) is 8.96. The summed E-state index contributed by atoms with van der Waals surface area (Å²) >= 11 is 0. The minimum absolute atomic E-state index is 0.319. The van der Waals surface area contributed by atoms with Gasteiger partial charge in [-0.1, -0.05) is 13.8 Å². The molecule has 0 bridgehead atoms. The summed E-state index contributed by atoms with van der Waals surface area (Å²) in [5.74, 6) is -0.293.